The molecule has 6 nitrogen and oxygen atoms in total. The summed E-state index contributed by atoms with van der Waals surface area (Å²) < 4.78 is 26.1. The smallest absolute Gasteiger partial charge is 0.289 e. The average molecular weight is 400 g/mol. The molecule has 1 saturated heterocycles. The minimum atomic E-state index is -2.57. The number of rotatable bonds is 5. The second kappa shape index (κ2) is 8.12. The molecule has 0 bridgehead atoms. The largest absolute Gasteiger partial charge is 0.360 e. The Morgan fingerprint density at radius 1 is 1.36 bits per heavy atom. The molecular formula is C19H18F2N6S. The van der Waals surface area contributed by atoms with Gasteiger partial charge < -0.3 is 15.6 Å². The van der Waals surface area contributed by atoms with E-state index in [-0.39, 0.29) is 6.04 Å². The Morgan fingerprint density at radius 2 is 2.25 bits per heavy atom. The lowest BCUT2D eigenvalue weighted by atomic mass is 10.1. The number of fused-ring (bicyclic) bond motifs is 1. The Kier molecular flexibility index (Phi) is 5.41. The summed E-state index contributed by atoms with van der Waals surface area (Å²) in [5.41, 5.74) is 2.43. The van der Waals surface area contributed by atoms with E-state index >= 15 is 0 Å². The van der Waals surface area contributed by atoms with Crippen LogP contribution in [0.15, 0.2) is 35.5 Å². The van der Waals surface area contributed by atoms with E-state index in [0.717, 1.165) is 36.8 Å². The van der Waals surface area contributed by atoms with Crippen molar-refractivity contribution in [3.8, 4) is 17.3 Å². The Labute approximate surface area is 164 Å². The van der Waals surface area contributed by atoms with Crippen molar-refractivity contribution < 1.29 is 8.78 Å². The van der Waals surface area contributed by atoms with Gasteiger partial charge in [0.25, 0.3) is 5.76 Å². The van der Waals surface area contributed by atoms with Gasteiger partial charge in [0.1, 0.15) is 0 Å². The van der Waals surface area contributed by atoms with Gasteiger partial charge in [-0.25, -0.2) is 9.97 Å². The molecule has 0 radical (unpaired) electrons. The Bertz CT molecular complexity index is 1020. The molecule has 0 saturated carbocycles. The minimum absolute atomic E-state index is 0.205. The fourth-order valence-electron chi connectivity index (χ4n) is 3.36. The Balaban J connectivity index is 1.74. The van der Waals surface area contributed by atoms with Gasteiger partial charge in [-0.3, -0.25) is 0 Å². The van der Waals surface area contributed by atoms with Gasteiger partial charge in [0, 0.05) is 41.4 Å². The number of piperidine rings is 1. The van der Waals surface area contributed by atoms with Crippen LogP contribution < -0.4 is 10.6 Å². The molecule has 3 heterocycles. The molecule has 1 fully saturated rings. The number of aromatic nitrogens is 3. The summed E-state index contributed by atoms with van der Waals surface area (Å²) in [7, 11) is 0. The first-order chi connectivity index (χ1) is 13.6. The number of nitriles is 1. The number of nitrogens with zero attached hydrogens (tertiary/aromatic N) is 3. The molecule has 3 N–H and O–H groups in total. The van der Waals surface area contributed by atoms with Crippen molar-refractivity contribution in [3.05, 3.63) is 36.2 Å². The Hall–Kier alpha value is -2.70. The number of hydrogen-bond acceptors (Lipinski definition) is 6. The maximum Gasteiger partial charge on any atom is 0.289 e. The summed E-state index contributed by atoms with van der Waals surface area (Å²) >= 11 is 0.430. The lowest BCUT2D eigenvalue weighted by molar-refractivity contribution is 0.252. The molecule has 0 unspecified atom stereocenters. The van der Waals surface area contributed by atoms with Crippen LogP contribution in [0.5, 0.6) is 0 Å². The van der Waals surface area contributed by atoms with Crippen molar-refractivity contribution in [1.29, 1.82) is 5.26 Å². The monoisotopic (exact) mass is 400 g/mol. The molecule has 1 aliphatic rings. The van der Waals surface area contributed by atoms with E-state index in [2.05, 4.69) is 31.7 Å². The molecule has 1 aliphatic heterocycles. The highest BCUT2D eigenvalue weighted by atomic mass is 32.2. The van der Waals surface area contributed by atoms with Crippen molar-refractivity contribution in [2.45, 2.75) is 29.5 Å². The Morgan fingerprint density at radius 3 is 3.00 bits per heavy atom. The molecule has 0 spiro atoms. The van der Waals surface area contributed by atoms with Crippen molar-refractivity contribution in [2.24, 2.45) is 0 Å². The molecular weight excluding hydrogens is 382 g/mol. The number of hydrogen-bond donors (Lipinski definition) is 3. The molecule has 0 aliphatic carbocycles. The normalized spacial score (nSPS) is 17.0. The van der Waals surface area contributed by atoms with Gasteiger partial charge in [-0.2, -0.15) is 14.0 Å². The van der Waals surface area contributed by atoms with Crippen LogP contribution in [-0.2, 0) is 0 Å². The van der Waals surface area contributed by atoms with E-state index in [1.54, 1.807) is 24.4 Å². The van der Waals surface area contributed by atoms with Gasteiger partial charge in [0.05, 0.1) is 22.2 Å². The fourth-order valence-corrected chi connectivity index (χ4v) is 3.94. The van der Waals surface area contributed by atoms with Gasteiger partial charge in [-0.1, -0.05) is 17.8 Å². The van der Waals surface area contributed by atoms with Crippen LogP contribution in [0.2, 0.25) is 0 Å². The maximum atomic E-state index is 13.1. The summed E-state index contributed by atoms with van der Waals surface area (Å²) in [6.07, 6.45) is 5.24. The van der Waals surface area contributed by atoms with Crippen molar-refractivity contribution in [2.75, 3.05) is 18.4 Å². The van der Waals surface area contributed by atoms with E-state index in [1.807, 2.05) is 0 Å². The number of H-pyrrole nitrogens is 1. The maximum absolute atomic E-state index is 13.1. The van der Waals surface area contributed by atoms with Crippen LogP contribution in [0.1, 0.15) is 18.4 Å². The molecule has 4 rings (SSSR count). The molecule has 3 aromatic rings. The van der Waals surface area contributed by atoms with Gasteiger partial charge in [0.2, 0.25) is 5.95 Å². The molecule has 1 aromatic carbocycles. The van der Waals surface area contributed by atoms with Crippen LogP contribution in [0.4, 0.5) is 14.7 Å². The van der Waals surface area contributed by atoms with Crippen LogP contribution in [-0.4, -0.2) is 39.8 Å². The van der Waals surface area contributed by atoms with E-state index in [0.29, 0.717) is 39.4 Å². The zero-order valence-electron chi connectivity index (χ0n) is 14.9. The highest BCUT2D eigenvalue weighted by Crippen LogP contribution is 2.37. The second-order valence-corrected chi connectivity index (χ2v) is 7.58. The number of benzene rings is 1. The summed E-state index contributed by atoms with van der Waals surface area (Å²) in [5, 5.41) is 16.5. The first-order valence-electron chi connectivity index (χ1n) is 8.95. The topological polar surface area (TPSA) is 89.4 Å². The zero-order chi connectivity index (χ0) is 19.5. The van der Waals surface area contributed by atoms with Crippen molar-refractivity contribution >= 4 is 28.6 Å². The third-order valence-electron chi connectivity index (χ3n) is 4.67. The predicted molar refractivity (Wildman–Crippen MR) is 105 cm³/mol. The first kappa shape index (κ1) is 18.7. The average Bonchev–Trinajstić information content (AvgIpc) is 3.12. The molecule has 28 heavy (non-hydrogen) atoms. The van der Waals surface area contributed by atoms with Gasteiger partial charge in [-0.15, -0.1) is 0 Å². The molecule has 9 heteroatoms. The molecule has 0 amide bonds. The summed E-state index contributed by atoms with van der Waals surface area (Å²) in [6, 6.07) is 7.53. The lowest BCUT2D eigenvalue weighted by Gasteiger charge is -2.24. The predicted octanol–water partition coefficient (Wildman–Crippen LogP) is 3.98. The fraction of sp³-hybridized carbons (Fsp3) is 0.316. The second-order valence-electron chi connectivity index (χ2n) is 6.55. The molecule has 1 atom stereocenters. The highest BCUT2D eigenvalue weighted by molar-refractivity contribution is 7.99. The lowest BCUT2D eigenvalue weighted by Crippen LogP contribution is -2.38. The van der Waals surface area contributed by atoms with E-state index in [9.17, 15) is 8.78 Å². The number of nitrogens with one attached hydrogen (secondary N) is 3. The quantitative estimate of drug-likeness (QED) is 0.562. The summed E-state index contributed by atoms with van der Waals surface area (Å²) in [6.45, 7) is 1.81. The van der Waals surface area contributed by atoms with Crippen LogP contribution in [0.25, 0.3) is 22.2 Å². The van der Waals surface area contributed by atoms with Gasteiger partial charge >= 0.3 is 0 Å². The molecule has 144 valence electrons. The van der Waals surface area contributed by atoms with E-state index < -0.39 is 5.76 Å². The van der Waals surface area contributed by atoms with Crippen LogP contribution in [0.3, 0.4) is 0 Å². The number of thioether (sulfide) groups is 1. The minimum Gasteiger partial charge on any atom is -0.360 e. The SMILES string of the molecule is N#Cc1ccc2c(-c3nc(N[C@H]4CCCNC4)ncc3SC(F)F)c[nH]c2c1. The third kappa shape index (κ3) is 3.93. The van der Waals surface area contributed by atoms with Gasteiger partial charge in [0.15, 0.2) is 0 Å². The highest BCUT2D eigenvalue weighted by Gasteiger charge is 2.19. The summed E-state index contributed by atoms with van der Waals surface area (Å²) in [4.78, 5) is 12.2. The van der Waals surface area contributed by atoms with Crippen LogP contribution >= 0.6 is 11.8 Å². The molecule has 2 aromatic heterocycles. The first-order valence-corrected chi connectivity index (χ1v) is 9.82. The third-order valence-corrected chi connectivity index (χ3v) is 5.40. The standard InChI is InChI=1S/C19H18F2N6S/c20-18(21)28-16-10-25-19(26-12-2-1-5-23-8-12)27-17(16)14-9-24-15-6-11(7-22)3-4-13(14)15/h3-4,6,9-10,12,18,23-24H,1-2,5,8H2,(H,25,26,27)/t12-/m0/s1. The van der Waals surface area contributed by atoms with Crippen molar-refractivity contribution in [1.82, 2.24) is 20.3 Å². The number of alkyl halides is 2. The van der Waals surface area contributed by atoms with Gasteiger partial charge in [-0.05, 0) is 31.5 Å². The van der Waals surface area contributed by atoms with Crippen LogP contribution in [0, 0.1) is 11.3 Å². The van der Waals surface area contributed by atoms with E-state index in [4.69, 9.17) is 5.26 Å². The zero-order valence-corrected chi connectivity index (χ0v) is 15.7. The number of aromatic amines is 1. The number of anilines is 1. The van der Waals surface area contributed by atoms with E-state index in [1.165, 1.54) is 6.20 Å². The van der Waals surface area contributed by atoms with Crippen molar-refractivity contribution in [3.63, 3.8) is 0 Å². The number of halogens is 2. The summed E-state index contributed by atoms with van der Waals surface area (Å²) in [5.74, 6) is -2.15.